The Morgan fingerprint density at radius 2 is 2.18 bits per heavy atom. The van der Waals surface area contributed by atoms with Crippen LogP contribution in [0.25, 0.3) is 0 Å². The molecule has 0 aromatic carbocycles. The van der Waals surface area contributed by atoms with Crippen molar-refractivity contribution < 1.29 is 4.79 Å². The largest absolute Gasteiger partial charge is 0.338 e. The molecule has 3 heterocycles. The standard InChI is InChI=1S/C21H28N6O/c1-15-7-5-10-22-21(15)25-19-13-18(23-16(2)24-19)17-9-12-27(14-17)20(28)8-6-11-26(3)4/h5-8,10,13,17H,9,11-12,14H2,1-4H3,(H,22,23,24,25)/b8-6+/t17-/m1/s1. The first-order valence-corrected chi connectivity index (χ1v) is 9.57. The summed E-state index contributed by atoms with van der Waals surface area (Å²) in [6.45, 7) is 6.09. The number of amides is 1. The molecule has 1 amide bonds. The molecule has 0 radical (unpaired) electrons. The molecule has 7 heteroatoms. The molecule has 0 bridgehead atoms. The van der Waals surface area contributed by atoms with Gasteiger partial charge in [-0.25, -0.2) is 15.0 Å². The van der Waals surface area contributed by atoms with Gasteiger partial charge >= 0.3 is 0 Å². The Labute approximate surface area is 166 Å². The molecule has 7 nitrogen and oxygen atoms in total. The summed E-state index contributed by atoms with van der Waals surface area (Å²) < 4.78 is 0. The zero-order chi connectivity index (χ0) is 20.1. The summed E-state index contributed by atoms with van der Waals surface area (Å²) in [5, 5.41) is 3.29. The van der Waals surface area contributed by atoms with Gasteiger partial charge in [0.05, 0.1) is 5.69 Å². The van der Waals surface area contributed by atoms with Crippen LogP contribution in [-0.2, 0) is 4.79 Å². The monoisotopic (exact) mass is 380 g/mol. The van der Waals surface area contributed by atoms with Gasteiger partial charge in [-0.15, -0.1) is 0 Å². The maximum absolute atomic E-state index is 12.4. The molecule has 0 spiro atoms. The lowest BCUT2D eigenvalue weighted by Gasteiger charge is -2.15. The van der Waals surface area contributed by atoms with Gasteiger partial charge in [0.15, 0.2) is 0 Å². The lowest BCUT2D eigenvalue weighted by atomic mass is 10.0. The molecular weight excluding hydrogens is 352 g/mol. The second kappa shape index (κ2) is 8.93. The zero-order valence-electron chi connectivity index (χ0n) is 17.0. The van der Waals surface area contributed by atoms with Gasteiger partial charge in [-0.3, -0.25) is 4.79 Å². The molecule has 0 saturated carbocycles. The first kappa shape index (κ1) is 19.9. The quantitative estimate of drug-likeness (QED) is 0.777. The first-order chi connectivity index (χ1) is 13.4. The number of hydrogen-bond donors (Lipinski definition) is 1. The van der Waals surface area contributed by atoms with Crippen LogP contribution in [0.15, 0.2) is 36.5 Å². The van der Waals surface area contributed by atoms with E-state index in [1.807, 2.05) is 62.0 Å². The van der Waals surface area contributed by atoms with Gasteiger partial charge in [-0.05, 0) is 46.0 Å². The van der Waals surface area contributed by atoms with Crippen molar-refractivity contribution in [3.05, 3.63) is 53.6 Å². The topological polar surface area (TPSA) is 74.2 Å². The normalized spacial score (nSPS) is 16.9. The van der Waals surface area contributed by atoms with Gasteiger partial charge in [0.25, 0.3) is 0 Å². The minimum atomic E-state index is 0.0672. The van der Waals surface area contributed by atoms with E-state index in [1.165, 1.54) is 0 Å². The van der Waals surface area contributed by atoms with Crippen molar-refractivity contribution in [1.29, 1.82) is 0 Å². The van der Waals surface area contributed by atoms with E-state index in [9.17, 15) is 4.79 Å². The summed E-state index contributed by atoms with van der Waals surface area (Å²) in [6.07, 6.45) is 6.24. The number of nitrogens with one attached hydrogen (secondary N) is 1. The van der Waals surface area contributed by atoms with Crippen molar-refractivity contribution in [3.8, 4) is 0 Å². The summed E-state index contributed by atoms with van der Waals surface area (Å²) >= 11 is 0. The molecule has 0 aliphatic carbocycles. The van der Waals surface area contributed by atoms with Crippen LogP contribution in [0.5, 0.6) is 0 Å². The molecule has 28 heavy (non-hydrogen) atoms. The highest BCUT2D eigenvalue weighted by atomic mass is 16.2. The van der Waals surface area contributed by atoms with Gasteiger partial charge in [-0.1, -0.05) is 12.1 Å². The van der Waals surface area contributed by atoms with Crippen LogP contribution in [-0.4, -0.2) is 64.4 Å². The van der Waals surface area contributed by atoms with E-state index in [0.29, 0.717) is 12.4 Å². The third-order valence-electron chi connectivity index (χ3n) is 4.76. The Hall–Kier alpha value is -2.80. The van der Waals surface area contributed by atoms with E-state index < -0.39 is 0 Å². The third-order valence-corrected chi connectivity index (χ3v) is 4.76. The van der Waals surface area contributed by atoms with Gasteiger partial charge in [-0.2, -0.15) is 0 Å². The van der Waals surface area contributed by atoms with Crippen molar-refractivity contribution in [1.82, 2.24) is 24.8 Å². The maximum Gasteiger partial charge on any atom is 0.246 e. The molecule has 148 valence electrons. The van der Waals surface area contributed by atoms with Crippen LogP contribution in [0.2, 0.25) is 0 Å². The second-order valence-corrected chi connectivity index (χ2v) is 7.45. The zero-order valence-corrected chi connectivity index (χ0v) is 17.0. The lowest BCUT2D eigenvalue weighted by Crippen LogP contribution is -2.27. The molecule has 1 atom stereocenters. The highest BCUT2D eigenvalue weighted by Crippen LogP contribution is 2.28. The molecule has 1 fully saturated rings. The van der Waals surface area contributed by atoms with Crippen molar-refractivity contribution in [2.24, 2.45) is 0 Å². The third kappa shape index (κ3) is 5.13. The number of likely N-dealkylation sites (tertiary alicyclic amines) is 1. The lowest BCUT2D eigenvalue weighted by molar-refractivity contribution is -0.125. The molecular formula is C21H28N6O. The number of anilines is 2. The number of carbonyl (C=O) groups excluding carboxylic acids is 1. The molecule has 2 aromatic rings. The predicted molar refractivity (Wildman–Crippen MR) is 111 cm³/mol. The molecule has 3 rings (SSSR count). The second-order valence-electron chi connectivity index (χ2n) is 7.45. The predicted octanol–water partition coefficient (Wildman–Crippen LogP) is 2.67. The number of rotatable bonds is 6. The number of pyridine rings is 1. The Morgan fingerprint density at radius 1 is 1.36 bits per heavy atom. The fourth-order valence-electron chi connectivity index (χ4n) is 3.27. The molecule has 1 N–H and O–H groups in total. The van der Waals surface area contributed by atoms with Gasteiger partial charge < -0.3 is 15.1 Å². The van der Waals surface area contributed by atoms with Crippen molar-refractivity contribution >= 4 is 17.5 Å². The number of aryl methyl sites for hydroxylation is 2. The van der Waals surface area contributed by atoms with E-state index in [-0.39, 0.29) is 11.8 Å². The Balaban J connectivity index is 1.69. The number of aromatic nitrogens is 3. The minimum absolute atomic E-state index is 0.0672. The average Bonchev–Trinajstić information content (AvgIpc) is 3.13. The Bertz CT molecular complexity index is 864. The summed E-state index contributed by atoms with van der Waals surface area (Å²) in [5.41, 5.74) is 2.03. The van der Waals surface area contributed by atoms with Crippen LogP contribution in [0, 0.1) is 13.8 Å². The van der Waals surface area contributed by atoms with Crippen LogP contribution in [0.1, 0.15) is 29.4 Å². The van der Waals surface area contributed by atoms with E-state index >= 15 is 0 Å². The fraction of sp³-hybridized carbons (Fsp3) is 0.429. The minimum Gasteiger partial charge on any atom is -0.338 e. The van der Waals surface area contributed by atoms with Gasteiger partial charge in [0.2, 0.25) is 5.91 Å². The molecule has 1 saturated heterocycles. The number of hydrogen-bond acceptors (Lipinski definition) is 6. The van der Waals surface area contributed by atoms with Crippen LogP contribution in [0.3, 0.4) is 0 Å². The number of nitrogens with zero attached hydrogens (tertiary/aromatic N) is 5. The SMILES string of the molecule is Cc1nc(Nc2ncccc2C)cc([C@@H]2CCN(C(=O)/C=C/CN(C)C)C2)n1. The average molecular weight is 380 g/mol. The van der Waals surface area contributed by atoms with Crippen LogP contribution < -0.4 is 5.32 Å². The number of carbonyl (C=O) groups is 1. The van der Waals surface area contributed by atoms with E-state index in [4.69, 9.17) is 0 Å². The smallest absolute Gasteiger partial charge is 0.246 e. The van der Waals surface area contributed by atoms with Crippen LogP contribution in [0.4, 0.5) is 11.6 Å². The van der Waals surface area contributed by atoms with E-state index in [2.05, 4.69) is 20.3 Å². The molecule has 1 aliphatic rings. The molecule has 2 aromatic heterocycles. The fourth-order valence-corrected chi connectivity index (χ4v) is 3.27. The van der Waals surface area contributed by atoms with Crippen molar-refractivity contribution in [2.75, 3.05) is 39.0 Å². The van der Waals surface area contributed by atoms with E-state index in [1.54, 1.807) is 12.3 Å². The first-order valence-electron chi connectivity index (χ1n) is 9.57. The summed E-state index contributed by atoms with van der Waals surface area (Å²) in [4.78, 5) is 29.8. The maximum atomic E-state index is 12.4. The van der Waals surface area contributed by atoms with Gasteiger partial charge in [0, 0.05) is 43.9 Å². The number of likely N-dealkylation sites (N-methyl/N-ethyl adjacent to an activating group) is 1. The van der Waals surface area contributed by atoms with Gasteiger partial charge in [0.1, 0.15) is 17.5 Å². The summed E-state index contributed by atoms with van der Waals surface area (Å²) in [7, 11) is 3.96. The molecule has 1 aliphatic heterocycles. The summed E-state index contributed by atoms with van der Waals surface area (Å²) in [5.74, 6) is 2.53. The Kier molecular flexibility index (Phi) is 6.36. The summed E-state index contributed by atoms with van der Waals surface area (Å²) in [6, 6.07) is 5.89. The van der Waals surface area contributed by atoms with Crippen molar-refractivity contribution in [3.63, 3.8) is 0 Å². The highest BCUT2D eigenvalue weighted by Gasteiger charge is 2.27. The molecule has 0 unspecified atom stereocenters. The van der Waals surface area contributed by atoms with E-state index in [0.717, 1.165) is 42.4 Å². The highest BCUT2D eigenvalue weighted by molar-refractivity contribution is 5.87. The Morgan fingerprint density at radius 3 is 2.93 bits per heavy atom. The van der Waals surface area contributed by atoms with Crippen LogP contribution >= 0.6 is 0 Å². The van der Waals surface area contributed by atoms with Crippen molar-refractivity contribution in [2.45, 2.75) is 26.2 Å².